The Bertz CT molecular complexity index is 951. The minimum Gasteiger partial charge on any atom is -0.364 e. The molecular weight excluding hydrogens is 416 g/mol. The van der Waals surface area contributed by atoms with Crippen LogP contribution in [0.5, 0.6) is 0 Å². The van der Waals surface area contributed by atoms with E-state index in [2.05, 4.69) is 58.6 Å². The largest absolute Gasteiger partial charge is 0.364 e. The van der Waals surface area contributed by atoms with E-state index >= 15 is 0 Å². The van der Waals surface area contributed by atoms with Crippen molar-refractivity contribution < 1.29 is 12.9 Å². The summed E-state index contributed by atoms with van der Waals surface area (Å²) in [6.07, 6.45) is 1.39. The molecule has 31 heavy (non-hydrogen) atoms. The first-order chi connectivity index (χ1) is 14.9. The average Bonchev–Trinajstić information content (AvgIpc) is 3.23. The molecule has 0 amide bonds. The monoisotopic (exact) mass is 448 g/mol. The van der Waals surface area contributed by atoms with Crippen LogP contribution in [0.1, 0.15) is 23.7 Å². The lowest BCUT2D eigenvalue weighted by molar-refractivity contribution is 0.259. The molecule has 1 aromatic heterocycles. The third-order valence-electron chi connectivity index (χ3n) is 4.99. The topological polar surface area (TPSA) is 94.3 Å². The molecular formula is C21H32N6O3S. The van der Waals surface area contributed by atoms with Crippen LogP contribution in [0.2, 0.25) is 0 Å². The van der Waals surface area contributed by atoms with Crippen molar-refractivity contribution in [2.45, 2.75) is 25.8 Å². The number of hydrogen-bond acceptors (Lipinski definition) is 6. The molecule has 0 atom stereocenters. The standard InChI is InChI=1S/C21H32N6O3S/c1-4-22-21(23-15-18-6-5-7-19(14-18)16-25(2)3)26-9-11-27(12-10-26)31(28,29)17-20-8-13-30-24-20/h5-8,13-14H,4,9-12,15-17H2,1-3H3,(H,22,23). The fourth-order valence-electron chi connectivity index (χ4n) is 3.55. The van der Waals surface area contributed by atoms with E-state index in [0.29, 0.717) is 38.4 Å². The summed E-state index contributed by atoms with van der Waals surface area (Å²) in [5, 5.41) is 7.05. The van der Waals surface area contributed by atoms with Gasteiger partial charge in [-0.05, 0) is 32.1 Å². The van der Waals surface area contributed by atoms with E-state index in [1.165, 1.54) is 16.1 Å². The van der Waals surface area contributed by atoms with Gasteiger partial charge in [0.15, 0.2) is 5.96 Å². The number of aromatic nitrogens is 1. The molecule has 10 heteroatoms. The Balaban J connectivity index is 1.61. The van der Waals surface area contributed by atoms with E-state index < -0.39 is 10.0 Å². The van der Waals surface area contributed by atoms with Crippen LogP contribution >= 0.6 is 0 Å². The number of benzene rings is 1. The molecule has 0 spiro atoms. The lowest BCUT2D eigenvalue weighted by Crippen LogP contribution is -2.53. The van der Waals surface area contributed by atoms with Crippen LogP contribution in [-0.2, 0) is 28.9 Å². The van der Waals surface area contributed by atoms with Crippen molar-refractivity contribution in [3.8, 4) is 0 Å². The quantitative estimate of drug-likeness (QED) is 0.481. The fraction of sp³-hybridized carbons (Fsp3) is 0.524. The third kappa shape index (κ3) is 6.78. The summed E-state index contributed by atoms with van der Waals surface area (Å²) < 4.78 is 31.6. The smallest absolute Gasteiger partial charge is 0.220 e. The number of rotatable bonds is 8. The molecule has 0 unspecified atom stereocenters. The van der Waals surface area contributed by atoms with Crippen LogP contribution in [0.25, 0.3) is 0 Å². The van der Waals surface area contributed by atoms with Gasteiger partial charge in [-0.2, -0.15) is 4.31 Å². The predicted octanol–water partition coefficient (Wildman–Crippen LogP) is 1.35. The molecule has 0 aliphatic carbocycles. The van der Waals surface area contributed by atoms with Gasteiger partial charge >= 0.3 is 0 Å². The molecule has 0 saturated carbocycles. The van der Waals surface area contributed by atoms with Crippen LogP contribution < -0.4 is 5.32 Å². The van der Waals surface area contributed by atoms with Gasteiger partial charge in [0.1, 0.15) is 12.0 Å². The van der Waals surface area contributed by atoms with Crippen molar-refractivity contribution in [3.63, 3.8) is 0 Å². The number of nitrogens with one attached hydrogen (secondary N) is 1. The van der Waals surface area contributed by atoms with Gasteiger partial charge in [-0.1, -0.05) is 29.4 Å². The Morgan fingerprint density at radius 1 is 1.19 bits per heavy atom. The Morgan fingerprint density at radius 3 is 2.58 bits per heavy atom. The highest BCUT2D eigenvalue weighted by Crippen LogP contribution is 2.14. The third-order valence-corrected chi connectivity index (χ3v) is 6.80. The Hall–Kier alpha value is -2.43. The van der Waals surface area contributed by atoms with Gasteiger partial charge in [0.05, 0.1) is 12.2 Å². The molecule has 1 fully saturated rings. The molecule has 0 radical (unpaired) electrons. The Morgan fingerprint density at radius 2 is 1.94 bits per heavy atom. The van der Waals surface area contributed by atoms with E-state index in [4.69, 9.17) is 9.52 Å². The zero-order chi connectivity index (χ0) is 22.3. The summed E-state index contributed by atoms with van der Waals surface area (Å²) in [7, 11) is 0.693. The van der Waals surface area contributed by atoms with Gasteiger partial charge in [0.25, 0.3) is 0 Å². The van der Waals surface area contributed by atoms with Crippen molar-refractivity contribution in [2.75, 3.05) is 46.8 Å². The number of piperazine rings is 1. The normalized spacial score (nSPS) is 16.1. The molecule has 9 nitrogen and oxygen atoms in total. The van der Waals surface area contributed by atoms with Gasteiger partial charge in [-0.3, -0.25) is 0 Å². The first kappa shape index (κ1) is 23.2. The molecule has 1 aromatic carbocycles. The van der Waals surface area contributed by atoms with Crippen LogP contribution in [0, 0.1) is 0 Å². The van der Waals surface area contributed by atoms with Gasteiger partial charge < -0.3 is 19.6 Å². The van der Waals surface area contributed by atoms with Gasteiger partial charge in [-0.25, -0.2) is 13.4 Å². The minimum atomic E-state index is -3.42. The first-order valence-corrected chi connectivity index (χ1v) is 12.1. The van der Waals surface area contributed by atoms with Crippen molar-refractivity contribution in [2.24, 2.45) is 4.99 Å². The maximum atomic E-state index is 12.7. The molecule has 1 saturated heterocycles. The highest BCUT2D eigenvalue weighted by Gasteiger charge is 2.29. The van der Waals surface area contributed by atoms with Gasteiger partial charge in [0, 0.05) is 45.3 Å². The van der Waals surface area contributed by atoms with Crippen LogP contribution in [0.3, 0.4) is 0 Å². The molecule has 3 rings (SSSR count). The Kier molecular flexibility index (Phi) is 8.05. The van der Waals surface area contributed by atoms with E-state index in [-0.39, 0.29) is 5.75 Å². The SMILES string of the molecule is CCNC(=NCc1cccc(CN(C)C)c1)N1CCN(S(=O)(=O)Cc2ccon2)CC1. The van der Waals surface area contributed by atoms with Crippen molar-refractivity contribution >= 4 is 16.0 Å². The van der Waals surface area contributed by atoms with E-state index in [9.17, 15) is 8.42 Å². The van der Waals surface area contributed by atoms with Crippen molar-refractivity contribution in [3.05, 3.63) is 53.4 Å². The lowest BCUT2D eigenvalue weighted by atomic mass is 10.1. The lowest BCUT2D eigenvalue weighted by Gasteiger charge is -2.35. The number of nitrogens with zero attached hydrogens (tertiary/aromatic N) is 5. The maximum absolute atomic E-state index is 12.7. The maximum Gasteiger partial charge on any atom is 0.220 e. The molecule has 1 aliphatic rings. The number of hydrogen-bond donors (Lipinski definition) is 1. The molecule has 2 aromatic rings. The summed E-state index contributed by atoms with van der Waals surface area (Å²) in [5.74, 6) is 0.676. The molecule has 1 N–H and O–H groups in total. The summed E-state index contributed by atoms with van der Waals surface area (Å²) in [4.78, 5) is 9.06. The molecule has 2 heterocycles. The zero-order valence-corrected chi connectivity index (χ0v) is 19.3. The predicted molar refractivity (Wildman–Crippen MR) is 121 cm³/mol. The number of guanidine groups is 1. The fourth-order valence-corrected chi connectivity index (χ4v) is 4.98. The first-order valence-electron chi connectivity index (χ1n) is 10.5. The second-order valence-corrected chi connectivity index (χ2v) is 9.83. The van der Waals surface area contributed by atoms with Crippen LogP contribution in [-0.4, -0.2) is 80.5 Å². The second kappa shape index (κ2) is 10.7. The number of sulfonamides is 1. The summed E-state index contributed by atoms with van der Waals surface area (Å²) in [6, 6.07) is 10.0. The van der Waals surface area contributed by atoms with Gasteiger partial charge in [0.2, 0.25) is 10.0 Å². The van der Waals surface area contributed by atoms with E-state index in [1.54, 1.807) is 6.07 Å². The molecule has 0 bridgehead atoms. The highest BCUT2D eigenvalue weighted by atomic mass is 32.2. The summed E-state index contributed by atoms with van der Waals surface area (Å²) in [5.41, 5.74) is 2.84. The van der Waals surface area contributed by atoms with Crippen molar-refractivity contribution in [1.29, 1.82) is 0 Å². The van der Waals surface area contributed by atoms with Gasteiger partial charge in [-0.15, -0.1) is 0 Å². The van der Waals surface area contributed by atoms with Crippen LogP contribution in [0.4, 0.5) is 0 Å². The minimum absolute atomic E-state index is 0.138. The number of aliphatic imine (C=N–C) groups is 1. The molecule has 1 aliphatic heterocycles. The summed E-state index contributed by atoms with van der Waals surface area (Å²) in [6.45, 7) is 6.27. The Labute approximate surface area is 184 Å². The highest BCUT2D eigenvalue weighted by molar-refractivity contribution is 7.88. The zero-order valence-electron chi connectivity index (χ0n) is 18.5. The second-order valence-electron chi connectivity index (χ2n) is 7.86. The average molecular weight is 449 g/mol. The van der Waals surface area contributed by atoms with Crippen molar-refractivity contribution in [1.82, 2.24) is 24.6 Å². The van der Waals surface area contributed by atoms with E-state index in [1.807, 2.05) is 6.92 Å². The molecule has 170 valence electrons. The van der Waals surface area contributed by atoms with Crippen LogP contribution in [0.15, 0.2) is 46.1 Å². The van der Waals surface area contributed by atoms with E-state index in [0.717, 1.165) is 24.6 Å². The summed E-state index contributed by atoms with van der Waals surface area (Å²) >= 11 is 0.